The maximum atomic E-state index is 12.8. The highest BCUT2D eigenvalue weighted by molar-refractivity contribution is 6.08. The van der Waals surface area contributed by atoms with Crippen molar-refractivity contribution in [3.63, 3.8) is 0 Å². The number of benzene rings is 1. The molecule has 0 saturated heterocycles. The molecule has 0 aliphatic rings. The Kier molecular flexibility index (Phi) is 4.79. The van der Waals surface area contributed by atoms with Crippen LogP contribution in [0.4, 0.5) is 0 Å². The molecule has 0 unspecified atom stereocenters. The van der Waals surface area contributed by atoms with E-state index in [1.165, 1.54) is 6.08 Å². The molecule has 0 bridgehead atoms. The molecule has 1 aromatic heterocycles. The monoisotopic (exact) mass is 312 g/mol. The maximum absolute atomic E-state index is 12.8. The Bertz CT molecular complexity index is 868. The second kappa shape index (κ2) is 6.60. The molecule has 1 heterocycles. The molecule has 0 radical (unpaired) electrons. The van der Waals surface area contributed by atoms with Crippen molar-refractivity contribution in [2.45, 2.75) is 33.7 Å². The third kappa shape index (κ3) is 3.23. The first kappa shape index (κ1) is 16.7. The van der Waals surface area contributed by atoms with Gasteiger partial charge in [0.05, 0.1) is 5.69 Å². The van der Waals surface area contributed by atoms with Crippen molar-refractivity contribution in [3.8, 4) is 0 Å². The lowest BCUT2D eigenvalue weighted by molar-refractivity contribution is 0.103. The molecule has 0 aliphatic carbocycles. The molecule has 0 saturated carbocycles. The summed E-state index contributed by atoms with van der Waals surface area (Å²) in [5.74, 6) is -0.339. The lowest BCUT2D eigenvalue weighted by Gasteiger charge is -2.10. The average Bonchev–Trinajstić information content (AvgIpc) is 2.49. The molecule has 1 N–H and O–H groups in total. The predicted molar refractivity (Wildman–Crippen MR) is 90.2 cm³/mol. The Balaban J connectivity index is 2.67. The van der Waals surface area contributed by atoms with Gasteiger partial charge in [0.1, 0.15) is 0 Å². The van der Waals surface area contributed by atoms with Gasteiger partial charge in [0.15, 0.2) is 0 Å². The molecule has 5 heteroatoms. The van der Waals surface area contributed by atoms with Crippen LogP contribution in [0.25, 0.3) is 0 Å². The van der Waals surface area contributed by atoms with Crippen molar-refractivity contribution in [2.75, 3.05) is 0 Å². The zero-order valence-corrected chi connectivity index (χ0v) is 13.6. The molecule has 0 atom stereocenters. The highest BCUT2D eigenvalue weighted by Crippen LogP contribution is 2.14. The first-order valence-electron chi connectivity index (χ1n) is 7.49. The average molecular weight is 312 g/mol. The molecule has 23 heavy (non-hydrogen) atoms. The summed E-state index contributed by atoms with van der Waals surface area (Å²) < 4.78 is 1.05. The fourth-order valence-electron chi connectivity index (χ4n) is 2.68. The predicted octanol–water partition coefficient (Wildman–Crippen LogP) is 2.13. The summed E-state index contributed by atoms with van der Waals surface area (Å²) in [6.45, 7) is 9.23. The Labute approximate surface area is 134 Å². The van der Waals surface area contributed by atoms with E-state index in [0.717, 1.165) is 15.7 Å². The second-order valence-electron chi connectivity index (χ2n) is 5.55. The van der Waals surface area contributed by atoms with E-state index in [9.17, 15) is 14.4 Å². The number of carbonyl (C=O) groups is 1. The minimum absolute atomic E-state index is 0.0767. The molecule has 5 nitrogen and oxygen atoms in total. The van der Waals surface area contributed by atoms with Crippen LogP contribution in [0, 0.1) is 13.8 Å². The summed E-state index contributed by atoms with van der Waals surface area (Å²) in [7, 11) is 0. The number of nitrogens with one attached hydrogen (secondary N) is 1. The summed E-state index contributed by atoms with van der Waals surface area (Å²) in [6, 6.07) is 5.47. The number of aromatic amines is 1. The number of rotatable bonds is 5. The SMILES string of the molecule is C=CCn1c(=O)[nH]c(C(=O)c2cc(C)cc(C)c2)c(CC)c1=O. The van der Waals surface area contributed by atoms with Gasteiger partial charge in [0.25, 0.3) is 5.56 Å². The summed E-state index contributed by atoms with van der Waals surface area (Å²) in [4.78, 5) is 39.9. The first-order valence-corrected chi connectivity index (χ1v) is 7.49. The summed E-state index contributed by atoms with van der Waals surface area (Å²) in [6.07, 6.45) is 1.83. The van der Waals surface area contributed by atoms with Gasteiger partial charge in [-0.1, -0.05) is 30.2 Å². The third-order valence-corrected chi connectivity index (χ3v) is 3.66. The van der Waals surface area contributed by atoms with E-state index in [-0.39, 0.29) is 18.0 Å². The summed E-state index contributed by atoms with van der Waals surface area (Å²) in [5, 5.41) is 0. The molecule has 0 amide bonds. The van der Waals surface area contributed by atoms with Crippen LogP contribution in [-0.4, -0.2) is 15.3 Å². The number of allylic oxidation sites excluding steroid dienone is 1. The van der Waals surface area contributed by atoms with Gasteiger partial charge >= 0.3 is 5.69 Å². The van der Waals surface area contributed by atoms with Gasteiger partial charge in [-0.25, -0.2) is 4.79 Å². The molecule has 2 rings (SSSR count). The standard InChI is InChI=1S/C18H20N2O3/c1-5-7-20-17(22)14(6-2)15(19-18(20)23)16(21)13-9-11(3)8-12(4)10-13/h5,8-10H,1,6-7H2,2-4H3,(H,19,23). The summed E-state index contributed by atoms with van der Waals surface area (Å²) in [5.41, 5.74) is 1.73. The fourth-order valence-corrected chi connectivity index (χ4v) is 2.68. The molecule has 0 spiro atoms. The molecule has 120 valence electrons. The van der Waals surface area contributed by atoms with Crippen molar-refractivity contribution < 1.29 is 4.79 Å². The van der Waals surface area contributed by atoms with Crippen molar-refractivity contribution in [1.29, 1.82) is 0 Å². The number of ketones is 1. The number of hydrogen-bond donors (Lipinski definition) is 1. The van der Waals surface area contributed by atoms with Crippen molar-refractivity contribution in [2.24, 2.45) is 0 Å². The molecule has 0 aliphatic heterocycles. The van der Waals surface area contributed by atoms with E-state index >= 15 is 0 Å². The van der Waals surface area contributed by atoms with E-state index in [1.807, 2.05) is 19.9 Å². The first-order chi connectivity index (χ1) is 10.9. The fraction of sp³-hybridized carbons (Fsp3) is 0.278. The van der Waals surface area contributed by atoms with E-state index in [1.54, 1.807) is 19.1 Å². The third-order valence-electron chi connectivity index (χ3n) is 3.66. The molecule has 0 fully saturated rings. The number of aryl methyl sites for hydroxylation is 2. The largest absolute Gasteiger partial charge is 0.329 e. The van der Waals surface area contributed by atoms with Gasteiger partial charge in [-0.15, -0.1) is 6.58 Å². The van der Waals surface area contributed by atoms with Gasteiger partial charge in [-0.3, -0.25) is 14.2 Å². The van der Waals surface area contributed by atoms with Crippen LogP contribution in [0.2, 0.25) is 0 Å². The van der Waals surface area contributed by atoms with E-state index in [4.69, 9.17) is 0 Å². The maximum Gasteiger partial charge on any atom is 0.329 e. The minimum Gasteiger partial charge on any atom is -0.303 e. The zero-order valence-electron chi connectivity index (χ0n) is 13.6. The quantitative estimate of drug-likeness (QED) is 0.679. The van der Waals surface area contributed by atoms with Crippen molar-refractivity contribution in [3.05, 3.63) is 79.6 Å². The zero-order chi connectivity index (χ0) is 17.1. The Morgan fingerprint density at radius 3 is 2.35 bits per heavy atom. The smallest absolute Gasteiger partial charge is 0.303 e. The lowest BCUT2D eigenvalue weighted by atomic mass is 9.99. The number of hydrogen-bond acceptors (Lipinski definition) is 3. The van der Waals surface area contributed by atoms with E-state index in [0.29, 0.717) is 17.5 Å². The lowest BCUT2D eigenvalue weighted by Crippen LogP contribution is -2.39. The highest BCUT2D eigenvalue weighted by Gasteiger charge is 2.19. The van der Waals surface area contributed by atoms with Crippen LogP contribution in [0.15, 0.2) is 40.4 Å². The number of carbonyl (C=O) groups excluding carboxylic acids is 1. The number of H-pyrrole nitrogens is 1. The van der Waals surface area contributed by atoms with E-state index < -0.39 is 11.2 Å². The van der Waals surface area contributed by atoms with Crippen molar-refractivity contribution >= 4 is 5.78 Å². The Morgan fingerprint density at radius 2 is 1.83 bits per heavy atom. The van der Waals surface area contributed by atoms with Crippen molar-refractivity contribution in [1.82, 2.24) is 9.55 Å². The van der Waals surface area contributed by atoms with Crippen LogP contribution < -0.4 is 11.2 Å². The summed E-state index contributed by atoms with van der Waals surface area (Å²) >= 11 is 0. The number of nitrogens with zero attached hydrogens (tertiary/aromatic N) is 1. The van der Waals surface area contributed by atoms with Crippen LogP contribution in [0.1, 0.15) is 39.7 Å². The molecular weight excluding hydrogens is 292 g/mol. The van der Waals surface area contributed by atoms with Crippen LogP contribution >= 0.6 is 0 Å². The molecule has 2 aromatic rings. The van der Waals surface area contributed by atoms with E-state index in [2.05, 4.69) is 11.6 Å². The van der Waals surface area contributed by atoms with Crippen LogP contribution in [-0.2, 0) is 13.0 Å². The topological polar surface area (TPSA) is 71.9 Å². The van der Waals surface area contributed by atoms with Crippen LogP contribution in [0.5, 0.6) is 0 Å². The Morgan fingerprint density at radius 1 is 1.22 bits per heavy atom. The van der Waals surface area contributed by atoms with Gasteiger partial charge in [0, 0.05) is 17.7 Å². The highest BCUT2D eigenvalue weighted by atomic mass is 16.2. The minimum atomic E-state index is -0.597. The number of aromatic nitrogens is 2. The normalized spacial score (nSPS) is 10.6. The van der Waals surface area contributed by atoms with Crippen LogP contribution in [0.3, 0.4) is 0 Å². The molecule has 1 aromatic carbocycles. The van der Waals surface area contributed by atoms with Gasteiger partial charge in [0.2, 0.25) is 5.78 Å². The van der Waals surface area contributed by atoms with Gasteiger partial charge in [-0.05, 0) is 32.4 Å². The Hall–Kier alpha value is -2.69. The van der Waals surface area contributed by atoms with Gasteiger partial charge in [-0.2, -0.15) is 0 Å². The molecular formula is C18H20N2O3. The van der Waals surface area contributed by atoms with Gasteiger partial charge < -0.3 is 4.98 Å². The second-order valence-corrected chi connectivity index (χ2v) is 5.55.